The van der Waals surface area contributed by atoms with Crippen LogP contribution in [-0.4, -0.2) is 12.3 Å². The Hall–Kier alpha value is -0.880. The number of nitriles is 1. The molecule has 0 saturated heterocycles. The third-order valence-corrected chi connectivity index (χ3v) is 2.73. The molecule has 16 heavy (non-hydrogen) atoms. The number of unbranched alkanes of at least 4 members (excludes halogenated alkanes) is 8. The summed E-state index contributed by atoms with van der Waals surface area (Å²) in [4.78, 5) is 10.7. The lowest BCUT2D eigenvalue weighted by atomic mass is 10.1. The van der Waals surface area contributed by atoms with Gasteiger partial charge in [0.25, 0.3) is 0 Å². The highest BCUT2D eigenvalue weighted by molar-refractivity contribution is 5.93. The first-order valence-corrected chi connectivity index (χ1v) is 6.44. The largest absolute Gasteiger partial charge is 0.330 e. The highest BCUT2D eigenvalue weighted by atomic mass is 16.1. The molecular formula is C13H24N2O. The monoisotopic (exact) mass is 224 g/mol. The second-order valence-corrected chi connectivity index (χ2v) is 4.26. The van der Waals surface area contributed by atoms with Crippen molar-refractivity contribution in [3.8, 4) is 6.07 Å². The summed E-state index contributed by atoms with van der Waals surface area (Å²) in [6.07, 6.45) is 11.1. The zero-order valence-electron chi connectivity index (χ0n) is 10.2. The van der Waals surface area contributed by atoms with Crippen LogP contribution >= 0.6 is 0 Å². The van der Waals surface area contributed by atoms with E-state index in [1.165, 1.54) is 38.5 Å². The second kappa shape index (κ2) is 12.2. The van der Waals surface area contributed by atoms with Crippen LogP contribution in [0, 0.1) is 11.3 Å². The lowest BCUT2D eigenvalue weighted by molar-refractivity contribution is -0.114. The van der Waals surface area contributed by atoms with Gasteiger partial charge in [-0.2, -0.15) is 5.26 Å². The number of hydrogen-bond donors (Lipinski definition) is 1. The van der Waals surface area contributed by atoms with Gasteiger partial charge in [-0.05, 0) is 19.4 Å². The molecule has 0 aromatic carbocycles. The summed E-state index contributed by atoms with van der Waals surface area (Å²) >= 11 is 0. The number of hydrogen-bond acceptors (Lipinski definition) is 3. The normalized spacial score (nSPS) is 10.0. The number of carbonyl (C=O) groups excluding carboxylic acids is 1. The number of ketones is 1. The highest BCUT2D eigenvalue weighted by Crippen LogP contribution is 2.10. The second-order valence-electron chi connectivity index (χ2n) is 4.26. The summed E-state index contributed by atoms with van der Waals surface area (Å²) in [5.74, 6) is -0.276. The molecule has 0 radical (unpaired) electrons. The molecule has 0 aliphatic rings. The van der Waals surface area contributed by atoms with Crippen molar-refractivity contribution in [2.75, 3.05) is 6.54 Å². The molecule has 0 fully saturated rings. The van der Waals surface area contributed by atoms with Crippen molar-refractivity contribution in [3.05, 3.63) is 0 Å². The van der Waals surface area contributed by atoms with Gasteiger partial charge in [-0.15, -0.1) is 0 Å². The van der Waals surface area contributed by atoms with Gasteiger partial charge < -0.3 is 5.73 Å². The molecule has 0 saturated carbocycles. The van der Waals surface area contributed by atoms with Crippen LogP contribution in [0.1, 0.15) is 64.2 Å². The molecule has 0 spiro atoms. The molecule has 0 aliphatic heterocycles. The maximum Gasteiger partial charge on any atom is 0.231 e. The number of Topliss-reactive ketones (excluding diaryl/α,β-unsaturated/α-hetero) is 1. The quantitative estimate of drug-likeness (QED) is 0.433. The molecular weight excluding hydrogens is 200 g/mol. The van der Waals surface area contributed by atoms with E-state index in [0.29, 0.717) is 6.42 Å². The minimum Gasteiger partial charge on any atom is -0.330 e. The molecule has 3 heteroatoms. The van der Waals surface area contributed by atoms with E-state index in [1.54, 1.807) is 6.07 Å². The fourth-order valence-corrected chi connectivity index (χ4v) is 1.72. The zero-order chi connectivity index (χ0) is 12.1. The van der Waals surface area contributed by atoms with E-state index in [1.807, 2.05) is 0 Å². The highest BCUT2D eigenvalue weighted by Gasteiger charge is 1.98. The Labute approximate surface area is 99.0 Å². The van der Waals surface area contributed by atoms with Gasteiger partial charge in [0.15, 0.2) is 0 Å². The van der Waals surface area contributed by atoms with E-state index in [9.17, 15) is 4.79 Å². The van der Waals surface area contributed by atoms with Gasteiger partial charge in [0.05, 0.1) is 0 Å². The molecule has 2 N–H and O–H groups in total. The topological polar surface area (TPSA) is 66.9 Å². The van der Waals surface area contributed by atoms with Gasteiger partial charge in [0.1, 0.15) is 6.07 Å². The van der Waals surface area contributed by atoms with Crippen LogP contribution in [0.3, 0.4) is 0 Å². The molecule has 0 aromatic heterocycles. The first-order chi connectivity index (χ1) is 7.81. The first kappa shape index (κ1) is 15.1. The summed E-state index contributed by atoms with van der Waals surface area (Å²) in [5.41, 5.74) is 5.41. The molecule has 0 atom stereocenters. The molecule has 0 unspecified atom stereocenters. The number of nitrogens with zero attached hydrogens (tertiary/aromatic N) is 1. The van der Waals surface area contributed by atoms with Gasteiger partial charge in [0, 0.05) is 6.42 Å². The maximum absolute atomic E-state index is 10.7. The molecule has 0 bridgehead atoms. The summed E-state index contributed by atoms with van der Waals surface area (Å²) < 4.78 is 0. The van der Waals surface area contributed by atoms with Gasteiger partial charge in [-0.25, -0.2) is 0 Å². The van der Waals surface area contributed by atoms with Gasteiger partial charge in [0.2, 0.25) is 5.78 Å². The molecule has 92 valence electrons. The van der Waals surface area contributed by atoms with Crippen LogP contribution in [0.5, 0.6) is 0 Å². The summed E-state index contributed by atoms with van der Waals surface area (Å²) in [6, 6.07) is 1.65. The lowest BCUT2D eigenvalue weighted by Crippen LogP contribution is -1.97. The smallest absolute Gasteiger partial charge is 0.231 e. The molecule has 0 amide bonds. The van der Waals surface area contributed by atoms with E-state index in [-0.39, 0.29) is 5.78 Å². The summed E-state index contributed by atoms with van der Waals surface area (Å²) in [5, 5.41) is 8.27. The van der Waals surface area contributed by atoms with Crippen LogP contribution < -0.4 is 5.73 Å². The molecule has 0 aromatic rings. The van der Waals surface area contributed by atoms with E-state index >= 15 is 0 Å². The van der Waals surface area contributed by atoms with Crippen molar-refractivity contribution in [1.29, 1.82) is 5.26 Å². The van der Waals surface area contributed by atoms with Crippen molar-refractivity contribution in [1.82, 2.24) is 0 Å². The van der Waals surface area contributed by atoms with E-state index in [2.05, 4.69) is 0 Å². The Morgan fingerprint density at radius 1 is 0.875 bits per heavy atom. The van der Waals surface area contributed by atoms with Crippen LogP contribution in [0.15, 0.2) is 0 Å². The number of carbonyl (C=O) groups is 1. The average Bonchev–Trinajstić information content (AvgIpc) is 2.31. The predicted molar refractivity (Wildman–Crippen MR) is 65.8 cm³/mol. The Balaban J connectivity index is 2.99. The average molecular weight is 224 g/mol. The minimum absolute atomic E-state index is 0.276. The fourth-order valence-electron chi connectivity index (χ4n) is 1.72. The lowest BCUT2D eigenvalue weighted by Gasteiger charge is -2.01. The van der Waals surface area contributed by atoms with Crippen molar-refractivity contribution >= 4 is 5.78 Å². The van der Waals surface area contributed by atoms with E-state index in [4.69, 9.17) is 11.0 Å². The summed E-state index contributed by atoms with van der Waals surface area (Å²) in [6.45, 7) is 0.812. The van der Waals surface area contributed by atoms with E-state index in [0.717, 1.165) is 25.8 Å². The number of nitrogens with two attached hydrogens (primary N) is 1. The first-order valence-electron chi connectivity index (χ1n) is 6.44. The van der Waals surface area contributed by atoms with Crippen LogP contribution in [0.4, 0.5) is 0 Å². The summed E-state index contributed by atoms with van der Waals surface area (Å²) in [7, 11) is 0. The molecule has 0 aliphatic carbocycles. The molecule has 0 heterocycles. The van der Waals surface area contributed by atoms with Gasteiger partial charge in [-0.3, -0.25) is 4.79 Å². The zero-order valence-corrected chi connectivity index (χ0v) is 10.2. The molecule has 0 rings (SSSR count). The van der Waals surface area contributed by atoms with Crippen molar-refractivity contribution in [3.63, 3.8) is 0 Å². The van der Waals surface area contributed by atoms with E-state index < -0.39 is 0 Å². The molecule has 3 nitrogen and oxygen atoms in total. The van der Waals surface area contributed by atoms with Crippen LogP contribution in [-0.2, 0) is 4.79 Å². The van der Waals surface area contributed by atoms with Crippen LogP contribution in [0.2, 0.25) is 0 Å². The van der Waals surface area contributed by atoms with Crippen LogP contribution in [0.25, 0.3) is 0 Å². The maximum atomic E-state index is 10.7. The minimum atomic E-state index is -0.276. The van der Waals surface area contributed by atoms with Gasteiger partial charge in [-0.1, -0.05) is 44.9 Å². The SMILES string of the molecule is N#CC(=O)CCCCCCCCCCCN. The predicted octanol–water partition coefficient (Wildman–Crippen LogP) is 2.94. The van der Waals surface area contributed by atoms with Gasteiger partial charge >= 0.3 is 0 Å². The van der Waals surface area contributed by atoms with Crippen molar-refractivity contribution in [2.45, 2.75) is 64.2 Å². The standard InChI is InChI=1S/C13H24N2O/c14-11-9-7-5-3-1-2-4-6-8-10-13(16)12-15/h1-11,14H2. The Morgan fingerprint density at radius 2 is 1.31 bits per heavy atom. The third-order valence-electron chi connectivity index (χ3n) is 2.73. The third kappa shape index (κ3) is 11.2. The number of rotatable bonds is 11. The Bertz CT molecular complexity index is 208. The van der Waals surface area contributed by atoms with Crippen molar-refractivity contribution in [2.24, 2.45) is 5.73 Å². The Morgan fingerprint density at radius 3 is 1.75 bits per heavy atom. The van der Waals surface area contributed by atoms with Crippen molar-refractivity contribution < 1.29 is 4.79 Å². The Kier molecular flexibility index (Phi) is 11.5. The fraction of sp³-hybridized carbons (Fsp3) is 0.846.